The average Bonchev–Trinajstić information content (AvgIpc) is 2.65. The van der Waals surface area contributed by atoms with Gasteiger partial charge in [-0.1, -0.05) is 15.9 Å². The minimum Gasteiger partial charge on any atom is -0.466 e. The van der Waals surface area contributed by atoms with Crippen molar-refractivity contribution < 1.29 is 19.1 Å². The van der Waals surface area contributed by atoms with Crippen LogP contribution in [0.2, 0.25) is 0 Å². The molecule has 3 unspecified atom stereocenters. The number of esters is 1. The van der Waals surface area contributed by atoms with Crippen LogP contribution in [0, 0.1) is 23.2 Å². The zero-order chi connectivity index (χ0) is 21.5. The maximum absolute atomic E-state index is 13.1. The molecule has 30 heavy (non-hydrogen) atoms. The molecule has 6 nitrogen and oxygen atoms in total. The number of carbonyl (C=O) groups excluding carboxylic acids is 3. The monoisotopic (exact) mass is 482 g/mol. The van der Waals surface area contributed by atoms with Gasteiger partial charge in [-0.15, -0.1) is 0 Å². The number of rotatable bonds is 6. The number of nitrogens with zero attached hydrogens (tertiary/aromatic N) is 2. The number of hydrogen-bond donors (Lipinski definition) is 0. The highest BCUT2D eigenvalue weighted by molar-refractivity contribution is 9.10. The molecule has 0 spiro atoms. The van der Waals surface area contributed by atoms with Crippen molar-refractivity contribution in [3.05, 3.63) is 0 Å². The first-order valence-corrected chi connectivity index (χ1v) is 12.4. The molecule has 4 aliphatic carbocycles. The first-order valence-electron chi connectivity index (χ1n) is 11.6. The Bertz CT molecular complexity index is 697. The Morgan fingerprint density at radius 3 is 2.50 bits per heavy atom. The second-order valence-corrected chi connectivity index (χ2v) is 12.2. The Labute approximate surface area is 188 Å². The van der Waals surface area contributed by atoms with E-state index in [1.54, 1.807) is 23.8 Å². The molecule has 1 aliphatic heterocycles. The van der Waals surface area contributed by atoms with E-state index in [2.05, 4.69) is 15.9 Å². The Hall–Kier alpha value is -1.11. The fourth-order valence-corrected chi connectivity index (χ4v) is 8.56. The van der Waals surface area contributed by atoms with Crippen molar-refractivity contribution in [2.75, 3.05) is 33.3 Å². The summed E-state index contributed by atoms with van der Waals surface area (Å²) in [6, 6.07) is 0. The highest BCUT2D eigenvalue weighted by Gasteiger charge is 2.57. The van der Waals surface area contributed by atoms with Crippen LogP contribution in [0.1, 0.15) is 64.7 Å². The number of piperidine rings is 1. The van der Waals surface area contributed by atoms with Crippen molar-refractivity contribution in [1.82, 2.24) is 9.80 Å². The van der Waals surface area contributed by atoms with Crippen molar-refractivity contribution in [2.24, 2.45) is 23.2 Å². The van der Waals surface area contributed by atoms with Crippen LogP contribution in [0.4, 0.5) is 0 Å². The highest BCUT2D eigenvalue weighted by atomic mass is 79.9. The molecule has 4 saturated carbocycles. The van der Waals surface area contributed by atoms with Crippen LogP contribution < -0.4 is 0 Å². The van der Waals surface area contributed by atoms with Crippen molar-refractivity contribution in [3.8, 4) is 0 Å². The van der Waals surface area contributed by atoms with Gasteiger partial charge in [-0.3, -0.25) is 14.4 Å². The summed E-state index contributed by atoms with van der Waals surface area (Å²) in [6.45, 7) is 3.30. The zero-order valence-corrected chi connectivity index (χ0v) is 19.9. The Kier molecular flexibility index (Phi) is 6.21. The second kappa shape index (κ2) is 8.44. The summed E-state index contributed by atoms with van der Waals surface area (Å²) in [7, 11) is 1.75. The van der Waals surface area contributed by atoms with E-state index in [4.69, 9.17) is 4.74 Å². The van der Waals surface area contributed by atoms with E-state index in [1.807, 2.05) is 0 Å². The van der Waals surface area contributed by atoms with E-state index in [9.17, 15) is 14.4 Å². The van der Waals surface area contributed by atoms with E-state index in [1.165, 1.54) is 19.3 Å². The molecule has 3 atom stereocenters. The molecule has 7 heteroatoms. The van der Waals surface area contributed by atoms with E-state index >= 15 is 0 Å². The van der Waals surface area contributed by atoms with E-state index in [0.29, 0.717) is 26.1 Å². The first-order chi connectivity index (χ1) is 14.2. The number of amides is 2. The number of carbonyl (C=O) groups is 3. The summed E-state index contributed by atoms with van der Waals surface area (Å²) in [6.07, 6.45) is 9.37. The molecule has 1 saturated heterocycles. The molecule has 1 heterocycles. The van der Waals surface area contributed by atoms with Gasteiger partial charge < -0.3 is 14.5 Å². The number of ether oxygens (including phenoxy) is 1. The molecule has 5 fully saturated rings. The molecule has 0 N–H and O–H groups in total. The molecule has 0 aromatic carbocycles. The third-order valence-electron chi connectivity index (χ3n) is 7.83. The SMILES string of the molecule is CCOC(=O)C1CCCN(C(=O)CN(C)C(=O)CC23CC4CC(CC(Br)(C4)C2)C3)C1. The summed E-state index contributed by atoms with van der Waals surface area (Å²) >= 11 is 4.02. The maximum atomic E-state index is 13.1. The lowest BCUT2D eigenvalue weighted by Crippen LogP contribution is -2.54. The van der Waals surface area contributed by atoms with Crippen LogP contribution in [0.15, 0.2) is 0 Å². The molecule has 0 aromatic heterocycles. The number of likely N-dealkylation sites (tertiary alicyclic amines) is 1. The molecule has 0 aromatic rings. The van der Waals surface area contributed by atoms with Gasteiger partial charge in [0.15, 0.2) is 0 Å². The van der Waals surface area contributed by atoms with Crippen LogP contribution in [0.5, 0.6) is 0 Å². The van der Waals surface area contributed by atoms with Crippen LogP contribution in [-0.2, 0) is 19.1 Å². The first kappa shape index (κ1) is 22.1. The number of alkyl halides is 1. The molecule has 5 aliphatic rings. The van der Waals surface area contributed by atoms with Gasteiger partial charge >= 0.3 is 5.97 Å². The fourth-order valence-electron chi connectivity index (χ4n) is 7.05. The van der Waals surface area contributed by atoms with E-state index in [-0.39, 0.29) is 40.0 Å². The normalized spacial score (nSPS) is 37.2. The summed E-state index contributed by atoms with van der Waals surface area (Å²) in [5, 5.41) is 0. The van der Waals surface area contributed by atoms with Gasteiger partial charge in [0.05, 0.1) is 19.1 Å². The standard InChI is InChI=1S/C23H35BrN2O4/c1-3-30-21(29)18-5-4-6-26(13-18)20(28)14-25(2)19(27)12-22-8-16-7-17(9-22)11-23(24,10-16)15-22/h16-18H,3-15H2,1-2H3. The van der Waals surface area contributed by atoms with E-state index in [0.717, 1.165) is 43.9 Å². The van der Waals surface area contributed by atoms with Crippen molar-refractivity contribution >= 4 is 33.7 Å². The molecule has 2 amide bonds. The molecule has 5 rings (SSSR count). The van der Waals surface area contributed by atoms with Crippen molar-refractivity contribution in [1.29, 1.82) is 0 Å². The third-order valence-corrected chi connectivity index (χ3v) is 8.76. The van der Waals surface area contributed by atoms with Crippen molar-refractivity contribution in [2.45, 2.75) is 69.0 Å². The topological polar surface area (TPSA) is 66.9 Å². The summed E-state index contributed by atoms with van der Waals surface area (Å²) in [4.78, 5) is 41.3. The smallest absolute Gasteiger partial charge is 0.310 e. The molecule has 168 valence electrons. The largest absolute Gasteiger partial charge is 0.466 e. The summed E-state index contributed by atoms with van der Waals surface area (Å²) < 4.78 is 5.36. The Morgan fingerprint density at radius 2 is 1.87 bits per heavy atom. The van der Waals surface area contributed by atoms with Gasteiger partial charge in [0.1, 0.15) is 0 Å². The van der Waals surface area contributed by atoms with Gasteiger partial charge in [-0.2, -0.15) is 0 Å². The Balaban J connectivity index is 1.31. The summed E-state index contributed by atoms with van der Waals surface area (Å²) in [5.41, 5.74) is 0.113. The summed E-state index contributed by atoms with van der Waals surface area (Å²) in [5.74, 6) is 1.05. The average molecular weight is 483 g/mol. The predicted octanol–water partition coefficient (Wildman–Crippen LogP) is 3.37. The lowest BCUT2D eigenvalue weighted by Gasteiger charge is -2.60. The second-order valence-electron chi connectivity index (χ2n) is 10.5. The molecular formula is C23H35BrN2O4. The zero-order valence-electron chi connectivity index (χ0n) is 18.3. The number of hydrogen-bond acceptors (Lipinski definition) is 4. The minimum atomic E-state index is -0.245. The van der Waals surface area contributed by atoms with Crippen LogP contribution in [-0.4, -0.2) is 65.2 Å². The predicted molar refractivity (Wildman–Crippen MR) is 117 cm³/mol. The van der Waals surface area contributed by atoms with Gasteiger partial charge in [0.25, 0.3) is 0 Å². The lowest BCUT2D eigenvalue weighted by atomic mass is 9.48. The fraction of sp³-hybridized carbons (Fsp3) is 0.870. The van der Waals surface area contributed by atoms with Gasteiger partial charge in [0.2, 0.25) is 11.8 Å². The maximum Gasteiger partial charge on any atom is 0.310 e. The van der Waals surface area contributed by atoms with Crippen LogP contribution in [0.25, 0.3) is 0 Å². The van der Waals surface area contributed by atoms with Crippen LogP contribution in [0.3, 0.4) is 0 Å². The minimum absolute atomic E-state index is 0.0673. The quantitative estimate of drug-likeness (QED) is 0.429. The van der Waals surface area contributed by atoms with Gasteiger partial charge in [-0.25, -0.2) is 0 Å². The van der Waals surface area contributed by atoms with Gasteiger partial charge in [0, 0.05) is 30.9 Å². The molecular weight excluding hydrogens is 448 g/mol. The number of halogens is 1. The highest BCUT2D eigenvalue weighted by Crippen LogP contribution is 2.65. The number of likely N-dealkylation sites (N-methyl/N-ethyl adjacent to an activating group) is 1. The van der Waals surface area contributed by atoms with Gasteiger partial charge in [-0.05, 0) is 75.5 Å². The van der Waals surface area contributed by atoms with Crippen LogP contribution >= 0.6 is 15.9 Å². The third kappa shape index (κ3) is 4.56. The van der Waals surface area contributed by atoms with E-state index < -0.39 is 0 Å². The lowest BCUT2D eigenvalue weighted by molar-refractivity contribution is -0.152. The van der Waals surface area contributed by atoms with Crippen molar-refractivity contribution in [3.63, 3.8) is 0 Å². The Morgan fingerprint density at radius 1 is 1.17 bits per heavy atom. The molecule has 4 bridgehead atoms. The molecule has 0 radical (unpaired) electrons.